The lowest BCUT2D eigenvalue weighted by atomic mass is 9.96. The predicted molar refractivity (Wildman–Crippen MR) is 109 cm³/mol. The maximum absolute atomic E-state index is 12.4. The van der Waals surface area contributed by atoms with E-state index in [1.54, 1.807) is 0 Å². The van der Waals surface area contributed by atoms with Gasteiger partial charge in [0.15, 0.2) is 0 Å². The van der Waals surface area contributed by atoms with Crippen LogP contribution in [-0.4, -0.2) is 44.5 Å². The molecule has 0 bridgehead atoms. The summed E-state index contributed by atoms with van der Waals surface area (Å²) in [5.41, 5.74) is 3.79. The van der Waals surface area contributed by atoms with Crippen LogP contribution in [-0.2, 0) is 0 Å². The molecule has 26 heavy (non-hydrogen) atoms. The second-order valence-electron chi connectivity index (χ2n) is 7.51. The number of anilines is 2. The number of hydrogen-bond donors (Lipinski definition) is 1. The second-order valence-corrected chi connectivity index (χ2v) is 7.51. The molecular formula is C22H29N3O. The van der Waals surface area contributed by atoms with Gasteiger partial charge in [0.1, 0.15) is 0 Å². The first kappa shape index (κ1) is 18.5. The maximum Gasteiger partial charge on any atom is 0.255 e. The molecule has 1 heterocycles. The van der Waals surface area contributed by atoms with Crippen LogP contribution in [0.5, 0.6) is 0 Å². The summed E-state index contributed by atoms with van der Waals surface area (Å²) in [5.74, 6) is 0.745. The van der Waals surface area contributed by atoms with Crippen molar-refractivity contribution in [1.29, 1.82) is 0 Å². The number of carbonyl (C=O) groups excluding carboxylic acids is 1. The molecule has 1 saturated heterocycles. The molecule has 138 valence electrons. The number of piperidine rings is 1. The van der Waals surface area contributed by atoms with E-state index in [-0.39, 0.29) is 5.91 Å². The third kappa shape index (κ3) is 4.64. The lowest BCUT2D eigenvalue weighted by Gasteiger charge is -2.34. The smallest absolute Gasteiger partial charge is 0.255 e. The van der Waals surface area contributed by atoms with Crippen LogP contribution in [0, 0.1) is 12.8 Å². The van der Waals surface area contributed by atoms with Gasteiger partial charge in [0, 0.05) is 36.6 Å². The average Bonchev–Trinajstić information content (AvgIpc) is 2.63. The number of benzene rings is 2. The topological polar surface area (TPSA) is 35.6 Å². The highest BCUT2D eigenvalue weighted by molar-refractivity contribution is 6.05. The minimum absolute atomic E-state index is 0.0552. The van der Waals surface area contributed by atoms with Gasteiger partial charge >= 0.3 is 0 Å². The molecule has 0 atom stereocenters. The summed E-state index contributed by atoms with van der Waals surface area (Å²) in [7, 11) is 4.30. The highest BCUT2D eigenvalue weighted by atomic mass is 16.1. The zero-order valence-corrected chi connectivity index (χ0v) is 16.0. The van der Waals surface area contributed by atoms with E-state index in [0.29, 0.717) is 0 Å². The van der Waals surface area contributed by atoms with Crippen molar-refractivity contribution >= 4 is 17.3 Å². The normalized spacial score (nSPS) is 15.3. The largest absolute Gasteiger partial charge is 0.372 e. The van der Waals surface area contributed by atoms with Gasteiger partial charge in [0.05, 0.1) is 0 Å². The monoisotopic (exact) mass is 351 g/mol. The van der Waals surface area contributed by atoms with Crippen molar-refractivity contribution in [3.63, 3.8) is 0 Å². The van der Waals surface area contributed by atoms with E-state index >= 15 is 0 Å². The molecule has 0 aliphatic carbocycles. The molecule has 4 nitrogen and oxygen atoms in total. The van der Waals surface area contributed by atoms with Crippen molar-refractivity contribution in [1.82, 2.24) is 4.90 Å². The Morgan fingerprint density at radius 1 is 1.08 bits per heavy atom. The molecule has 4 heteroatoms. The Balaban J connectivity index is 1.57. The van der Waals surface area contributed by atoms with Gasteiger partial charge in [-0.3, -0.25) is 4.79 Å². The standard InChI is InChI=1S/C22H29N3O/c1-17-6-4-5-7-21(17)22(26)23-19-8-10-20(11-9-19)25-14-12-18(13-15-25)16-24(2)3/h4-11,18H,12-16H2,1-3H3,(H,23,26). The number of rotatable bonds is 5. The van der Waals surface area contributed by atoms with E-state index in [2.05, 4.69) is 41.3 Å². The summed E-state index contributed by atoms with van der Waals surface area (Å²) < 4.78 is 0. The molecule has 2 aromatic rings. The van der Waals surface area contributed by atoms with Gasteiger partial charge in [-0.2, -0.15) is 0 Å². The lowest BCUT2D eigenvalue weighted by Crippen LogP contribution is -2.37. The van der Waals surface area contributed by atoms with Gasteiger partial charge in [-0.15, -0.1) is 0 Å². The fraction of sp³-hybridized carbons (Fsp3) is 0.409. The molecule has 1 N–H and O–H groups in total. The van der Waals surface area contributed by atoms with E-state index in [9.17, 15) is 4.79 Å². The number of carbonyl (C=O) groups is 1. The summed E-state index contributed by atoms with van der Waals surface area (Å²) >= 11 is 0. The Hall–Kier alpha value is -2.33. The molecular weight excluding hydrogens is 322 g/mol. The van der Waals surface area contributed by atoms with Crippen LogP contribution in [0.15, 0.2) is 48.5 Å². The number of hydrogen-bond acceptors (Lipinski definition) is 3. The van der Waals surface area contributed by atoms with Crippen LogP contribution in [0.4, 0.5) is 11.4 Å². The van der Waals surface area contributed by atoms with Crippen molar-refractivity contribution in [2.75, 3.05) is 43.9 Å². The third-order valence-corrected chi connectivity index (χ3v) is 5.12. The minimum atomic E-state index is -0.0552. The summed E-state index contributed by atoms with van der Waals surface area (Å²) in [6.07, 6.45) is 2.48. The Morgan fingerprint density at radius 3 is 2.35 bits per heavy atom. The van der Waals surface area contributed by atoms with Gasteiger partial charge in [0.2, 0.25) is 0 Å². The molecule has 0 spiro atoms. The SMILES string of the molecule is Cc1ccccc1C(=O)Nc1ccc(N2CCC(CN(C)C)CC2)cc1. The molecule has 1 amide bonds. The van der Waals surface area contributed by atoms with Crippen molar-refractivity contribution in [2.24, 2.45) is 5.92 Å². The average molecular weight is 351 g/mol. The number of aryl methyl sites for hydroxylation is 1. The van der Waals surface area contributed by atoms with Gasteiger partial charge < -0.3 is 15.1 Å². The molecule has 0 unspecified atom stereocenters. The quantitative estimate of drug-likeness (QED) is 0.883. The summed E-state index contributed by atoms with van der Waals surface area (Å²) in [5, 5.41) is 2.99. The van der Waals surface area contributed by atoms with Gasteiger partial charge in [-0.25, -0.2) is 0 Å². The van der Waals surface area contributed by atoms with Crippen LogP contribution in [0.3, 0.4) is 0 Å². The number of nitrogens with one attached hydrogen (secondary N) is 1. The molecule has 1 fully saturated rings. The van der Waals surface area contributed by atoms with E-state index in [0.717, 1.165) is 35.8 Å². The Morgan fingerprint density at radius 2 is 1.73 bits per heavy atom. The first-order valence-electron chi connectivity index (χ1n) is 9.39. The molecule has 3 rings (SSSR count). The highest BCUT2D eigenvalue weighted by Gasteiger charge is 2.20. The Bertz CT molecular complexity index is 731. The van der Waals surface area contributed by atoms with E-state index < -0.39 is 0 Å². The summed E-state index contributed by atoms with van der Waals surface area (Å²) in [6, 6.07) is 15.9. The van der Waals surface area contributed by atoms with Gasteiger partial charge in [0.25, 0.3) is 5.91 Å². The molecule has 1 aliphatic heterocycles. The Labute approximate surface area is 156 Å². The number of amides is 1. The van der Waals surface area contributed by atoms with Crippen LogP contribution in [0.2, 0.25) is 0 Å². The fourth-order valence-electron chi connectivity index (χ4n) is 3.67. The zero-order valence-electron chi connectivity index (χ0n) is 16.0. The van der Waals surface area contributed by atoms with E-state index in [4.69, 9.17) is 0 Å². The van der Waals surface area contributed by atoms with Gasteiger partial charge in [-0.1, -0.05) is 18.2 Å². The zero-order chi connectivity index (χ0) is 18.5. The van der Waals surface area contributed by atoms with Crippen molar-refractivity contribution in [2.45, 2.75) is 19.8 Å². The summed E-state index contributed by atoms with van der Waals surface area (Å²) in [4.78, 5) is 17.1. The first-order valence-corrected chi connectivity index (χ1v) is 9.39. The van der Waals surface area contributed by atoms with Crippen molar-refractivity contribution < 1.29 is 4.79 Å². The lowest BCUT2D eigenvalue weighted by molar-refractivity contribution is 0.102. The highest BCUT2D eigenvalue weighted by Crippen LogP contribution is 2.25. The fourth-order valence-corrected chi connectivity index (χ4v) is 3.67. The molecule has 1 aliphatic rings. The first-order chi connectivity index (χ1) is 12.5. The summed E-state index contributed by atoms with van der Waals surface area (Å²) in [6.45, 7) is 5.34. The van der Waals surface area contributed by atoms with Gasteiger partial charge in [-0.05, 0) is 75.7 Å². The Kier molecular flexibility index (Phi) is 5.94. The minimum Gasteiger partial charge on any atom is -0.372 e. The van der Waals surface area contributed by atoms with Crippen molar-refractivity contribution in [3.05, 3.63) is 59.7 Å². The van der Waals surface area contributed by atoms with Crippen LogP contribution >= 0.6 is 0 Å². The van der Waals surface area contributed by atoms with Crippen molar-refractivity contribution in [3.8, 4) is 0 Å². The third-order valence-electron chi connectivity index (χ3n) is 5.12. The molecule has 0 aromatic heterocycles. The second kappa shape index (κ2) is 8.37. The van der Waals surface area contributed by atoms with E-state index in [1.807, 2.05) is 43.3 Å². The van der Waals surface area contributed by atoms with E-state index in [1.165, 1.54) is 25.1 Å². The van der Waals surface area contributed by atoms with Crippen LogP contribution < -0.4 is 10.2 Å². The van der Waals surface area contributed by atoms with Crippen LogP contribution in [0.25, 0.3) is 0 Å². The number of nitrogens with zero attached hydrogens (tertiary/aromatic N) is 2. The molecule has 0 radical (unpaired) electrons. The maximum atomic E-state index is 12.4. The predicted octanol–water partition coefficient (Wildman–Crippen LogP) is 4.03. The molecule has 2 aromatic carbocycles. The molecule has 0 saturated carbocycles. The van der Waals surface area contributed by atoms with Crippen LogP contribution in [0.1, 0.15) is 28.8 Å².